The van der Waals surface area contributed by atoms with E-state index in [0.717, 1.165) is 29.4 Å². The van der Waals surface area contributed by atoms with E-state index in [1.165, 1.54) is 0 Å². The van der Waals surface area contributed by atoms with Crippen LogP contribution in [0.5, 0.6) is 17.2 Å². The zero-order chi connectivity index (χ0) is 17.3. The summed E-state index contributed by atoms with van der Waals surface area (Å²) < 4.78 is 16.9. The molecule has 25 heavy (non-hydrogen) atoms. The minimum absolute atomic E-state index is 0.507. The number of fused-ring (bicyclic) bond motifs is 1. The van der Waals surface area contributed by atoms with E-state index >= 15 is 0 Å². The van der Waals surface area contributed by atoms with Gasteiger partial charge in [-0.15, -0.1) is 0 Å². The maximum atomic E-state index is 5.70. The van der Waals surface area contributed by atoms with E-state index in [1.54, 1.807) is 19.4 Å². The van der Waals surface area contributed by atoms with Gasteiger partial charge >= 0.3 is 0 Å². The molecule has 0 saturated heterocycles. The van der Waals surface area contributed by atoms with Crippen LogP contribution in [-0.4, -0.2) is 44.4 Å². The van der Waals surface area contributed by atoms with Crippen molar-refractivity contribution in [3.63, 3.8) is 0 Å². The predicted octanol–water partition coefficient (Wildman–Crippen LogP) is 2.31. The second-order valence-electron chi connectivity index (χ2n) is 5.37. The van der Waals surface area contributed by atoms with Crippen LogP contribution in [-0.2, 0) is 0 Å². The first kappa shape index (κ1) is 16.9. The largest absolute Gasteiger partial charge is 0.490 e. The Balaban J connectivity index is 1.49. The number of nitrogens with zero attached hydrogens (tertiary/aromatic N) is 2. The molecular formula is C18H22N4O3. The summed E-state index contributed by atoms with van der Waals surface area (Å²) in [6.07, 6.45) is 4.29. The Hall–Kier alpha value is -2.96. The van der Waals surface area contributed by atoms with E-state index in [9.17, 15) is 0 Å². The molecule has 0 fully saturated rings. The number of aliphatic imine (C=N–C) groups is 1. The molecule has 1 aromatic heterocycles. The van der Waals surface area contributed by atoms with Crippen molar-refractivity contribution in [2.75, 3.05) is 38.7 Å². The number of anilines is 1. The van der Waals surface area contributed by atoms with Crippen LogP contribution in [0.25, 0.3) is 0 Å². The molecule has 0 bridgehead atoms. The average Bonchev–Trinajstić information content (AvgIpc) is 2.90. The van der Waals surface area contributed by atoms with Gasteiger partial charge < -0.3 is 24.8 Å². The van der Waals surface area contributed by atoms with Gasteiger partial charge in [0.15, 0.2) is 17.5 Å². The Bertz CT molecular complexity index is 707. The molecule has 7 nitrogen and oxygen atoms in total. The smallest absolute Gasteiger partial charge is 0.195 e. The molecule has 1 aromatic carbocycles. The summed E-state index contributed by atoms with van der Waals surface area (Å²) in [5.41, 5.74) is 0.880. The van der Waals surface area contributed by atoms with Crippen molar-refractivity contribution in [2.24, 2.45) is 4.99 Å². The molecule has 2 N–H and O–H groups in total. The highest BCUT2D eigenvalue weighted by Gasteiger charge is 2.11. The molecule has 0 saturated carbocycles. The van der Waals surface area contributed by atoms with E-state index in [2.05, 4.69) is 20.6 Å². The van der Waals surface area contributed by atoms with Gasteiger partial charge in [-0.3, -0.25) is 9.98 Å². The topological polar surface area (TPSA) is 77.0 Å². The first-order valence-corrected chi connectivity index (χ1v) is 8.25. The number of aromatic nitrogens is 1. The summed E-state index contributed by atoms with van der Waals surface area (Å²) in [4.78, 5) is 8.22. The lowest BCUT2D eigenvalue weighted by Gasteiger charge is -2.14. The fourth-order valence-corrected chi connectivity index (χ4v) is 2.33. The van der Waals surface area contributed by atoms with Crippen molar-refractivity contribution in [2.45, 2.75) is 6.42 Å². The monoisotopic (exact) mass is 342 g/mol. The molecule has 1 aliphatic heterocycles. The predicted molar refractivity (Wildman–Crippen MR) is 96.8 cm³/mol. The lowest BCUT2D eigenvalue weighted by atomic mass is 10.3. The van der Waals surface area contributed by atoms with Gasteiger partial charge in [-0.1, -0.05) is 0 Å². The first-order valence-electron chi connectivity index (χ1n) is 8.25. The lowest BCUT2D eigenvalue weighted by molar-refractivity contribution is 0.297. The maximum absolute atomic E-state index is 5.70. The summed E-state index contributed by atoms with van der Waals surface area (Å²) >= 11 is 0. The Labute approximate surface area is 147 Å². The second-order valence-corrected chi connectivity index (χ2v) is 5.37. The third-order valence-electron chi connectivity index (χ3n) is 3.53. The molecule has 132 valence electrons. The zero-order valence-electron chi connectivity index (χ0n) is 14.2. The fraction of sp³-hybridized carbons (Fsp3) is 0.333. The van der Waals surface area contributed by atoms with Crippen LogP contribution in [0.3, 0.4) is 0 Å². The lowest BCUT2D eigenvalue weighted by Crippen LogP contribution is -2.33. The van der Waals surface area contributed by atoms with Gasteiger partial charge in [0.25, 0.3) is 0 Å². The van der Waals surface area contributed by atoms with Crippen LogP contribution in [0.2, 0.25) is 0 Å². The van der Waals surface area contributed by atoms with Gasteiger partial charge in [-0.2, -0.15) is 0 Å². The Morgan fingerprint density at radius 3 is 2.92 bits per heavy atom. The molecule has 0 aliphatic carbocycles. The third-order valence-corrected chi connectivity index (χ3v) is 3.53. The summed E-state index contributed by atoms with van der Waals surface area (Å²) in [5.74, 6) is 2.92. The number of ether oxygens (including phenoxy) is 3. The van der Waals surface area contributed by atoms with Crippen LogP contribution in [0.15, 0.2) is 47.7 Å². The van der Waals surface area contributed by atoms with E-state index in [1.807, 2.05) is 30.3 Å². The molecule has 2 heterocycles. The van der Waals surface area contributed by atoms with Crippen LogP contribution in [0.4, 0.5) is 5.69 Å². The molecule has 0 radical (unpaired) electrons. The van der Waals surface area contributed by atoms with Crippen molar-refractivity contribution in [3.8, 4) is 17.2 Å². The van der Waals surface area contributed by atoms with Crippen molar-refractivity contribution >= 4 is 11.6 Å². The number of rotatable bonds is 5. The van der Waals surface area contributed by atoms with Crippen molar-refractivity contribution in [1.29, 1.82) is 0 Å². The molecule has 3 rings (SSSR count). The molecular weight excluding hydrogens is 320 g/mol. The van der Waals surface area contributed by atoms with Gasteiger partial charge in [-0.05, 0) is 24.3 Å². The summed E-state index contributed by atoms with van der Waals surface area (Å²) in [7, 11) is 1.72. The van der Waals surface area contributed by atoms with Crippen molar-refractivity contribution < 1.29 is 14.2 Å². The molecule has 1 aliphatic rings. The highest BCUT2D eigenvalue weighted by atomic mass is 16.5. The average molecular weight is 342 g/mol. The summed E-state index contributed by atoms with van der Waals surface area (Å²) in [5, 5.41) is 6.44. The van der Waals surface area contributed by atoms with Crippen LogP contribution in [0.1, 0.15) is 6.42 Å². The minimum atomic E-state index is 0.507. The maximum Gasteiger partial charge on any atom is 0.195 e. The number of guanidine groups is 1. The van der Waals surface area contributed by atoms with Crippen molar-refractivity contribution in [1.82, 2.24) is 10.3 Å². The second kappa shape index (κ2) is 8.77. The van der Waals surface area contributed by atoms with Gasteiger partial charge in [0.05, 0.1) is 26.0 Å². The Morgan fingerprint density at radius 2 is 2.12 bits per heavy atom. The van der Waals surface area contributed by atoms with Gasteiger partial charge in [-0.25, -0.2) is 0 Å². The quantitative estimate of drug-likeness (QED) is 0.493. The molecule has 2 aromatic rings. The minimum Gasteiger partial charge on any atom is -0.490 e. The number of benzene rings is 1. The zero-order valence-corrected chi connectivity index (χ0v) is 14.2. The summed E-state index contributed by atoms with van der Waals surface area (Å²) in [6.45, 7) is 2.46. The van der Waals surface area contributed by atoms with Crippen LogP contribution >= 0.6 is 0 Å². The van der Waals surface area contributed by atoms with Crippen LogP contribution < -0.4 is 24.8 Å². The molecule has 0 atom stereocenters. The van der Waals surface area contributed by atoms with Crippen molar-refractivity contribution in [3.05, 3.63) is 42.7 Å². The van der Waals surface area contributed by atoms with E-state index in [-0.39, 0.29) is 0 Å². The molecule has 0 spiro atoms. The highest BCUT2D eigenvalue weighted by Crippen LogP contribution is 2.32. The number of hydrogen-bond acceptors (Lipinski definition) is 5. The van der Waals surface area contributed by atoms with Gasteiger partial charge in [0, 0.05) is 31.4 Å². The Kier molecular flexibility index (Phi) is 5.92. The molecule has 7 heteroatoms. The van der Waals surface area contributed by atoms with Gasteiger partial charge in [0.2, 0.25) is 0 Å². The summed E-state index contributed by atoms with van der Waals surface area (Å²) in [6, 6.07) is 9.47. The van der Waals surface area contributed by atoms with E-state index < -0.39 is 0 Å². The first-order chi connectivity index (χ1) is 12.3. The SMILES string of the molecule is CN=C(NCCOc1cccnc1)Nc1ccc2c(c1)OCCCO2. The standard InChI is InChI=1S/C18H22N4O3/c1-19-18(21-8-11-23-15-4-2-7-20-13-15)22-14-5-6-16-17(12-14)25-10-3-9-24-16/h2,4-7,12-13H,3,8-11H2,1H3,(H2,19,21,22). The number of hydrogen-bond donors (Lipinski definition) is 2. The normalized spacial score (nSPS) is 13.7. The number of nitrogens with one attached hydrogen (secondary N) is 2. The fourth-order valence-electron chi connectivity index (χ4n) is 2.33. The highest BCUT2D eigenvalue weighted by molar-refractivity contribution is 5.93. The van der Waals surface area contributed by atoms with Gasteiger partial charge in [0.1, 0.15) is 12.4 Å². The molecule has 0 amide bonds. The Morgan fingerprint density at radius 1 is 1.24 bits per heavy atom. The number of pyridine rings is 1. The van der Waals surface area contributed by atoms with Crippen LogP contribution in [0, 0.1) is 0 Å². The third kappa shape index (κ3) is 5.00. The van der Waals surface area contributed by atoms with E-state index in [0.29, 0.717) is 32.3 Å². The molecule has 0 unspecified atom stereocenters. The van der Waals surface area contributed by atoms with E-state index in [4.69, 9.17) is 14.2 Å².